The quantitative estimate of drug-likeness (QED) is 0.460. The summed E-state index contributed by atoms with van der Waals surface area (Å²) in [4.78, 5) is 17.1. The molecule has 0 bridgehead atoms. The molecular formula is C23H22FN3O3. The molecule has 0 saturated carbocycles. The van der Waals surface area contributed by atoms with Crippen LogP contribution in [0.25, 0.3) is 16.7 Å². The van der Waals surface area contributed by atoms with Crippen molar-refractivity contribution in [2.75, 3.05) is 14.2 Å². The van der Waals surface area contributed by atoms with E-state index in [2.05, 4.69) is 4.98 Å². The van der Waals surface area contributed by atoms with Crippen molar-refractivity contribution >= 4 is 17.0 Å². The number of fused-ring (bicyclic) bond motifs is 1. The molecule has 3 aromatic heterocycles. The summed E-state index contributed by atoms with van der Waals surface area (Å²) in [5.74, 6) is 0.0466. The molecule has 30 heavy (non-hydrogen) atoms. The van der Waals surface area contributed by atoms with Crippen LogP contribution in [0.2, 0.25) is 0 Å². The number of rotatable bonds is 5. The first-order valence-corrected chi connectivity index (χ1v) is 9.48. The summed E-state index contributed by atoms with van der Waals surface area (Å²) in [7, 11) is 2.99. The number of benzene rings is 1. The van der Waals surface area contributed by atoms with Gasteiger partial charge in [-0.15, -0.1) is 0 Å². The Balaban J connectivity index is 1.87. The van der Waals surface area contributed by atoms with Crippen molar-refractivity contribution < 1.29 is 18.7 Å². The lowest BCUT2D eigenvalue weighted by atomic mass is 10.1. The normalized spacial score (nSPS) is 11.1. The Morgan fingerprint density at radius 2 is 1.83 bits per heavy atom. The van der Waals surface area contributed by atoms with E-state index in [0.717, 1.165) is 39.3 Å². The van der Waals surface area contributed by atoms with Gasteiger partial charge < -0.3 is 18.6 Å². The minimum Gasteiger partial charge on any atom is -0.496 e. The van der Waals surface area contributed by atoms with E-state index in [1.807, 2.05) is 35.2 Å². The molecule has 0 spiro atoms. The highest BCUT2D eigenvalue weighted by Crippen LogP contribution is 2.29. The van der Waals surface area contributed by atoms with Crippen LogP contribution in [-0.4, -0.2) is 34.3 Å². The van der Waals surface area contributed by atoms with Crippen molar-refractivity contribution in [2.24, 2.45) is 0 Å². The maximum absolute atomic E-state index is 13.3. The number of carbonyl (C=O) groups excluding carboxylic acids is 1. The number of esters is 1. The van der Waals surface area contributed by atoms with Gasteiger partial charge in [-0.1, -0.05) is 0 Å². The highest BCUT2D eigenvalue weighted by Gasteiger charge is 2.21. The van der Waals surface area contributed by atoms with Crippen LogP contribution in [0.3, 0.4) is 0 Å². The number of methoxy groups -OCH3 is 2. The molecule has 4 aromatic rings. The maximum Gasteiger partial charge on any atom is 0.354 e. The van der Waals surface area contributed by atoms with Gasteiger partial charge in [0.2, 0.25) is 0 Å². The van der Waals surface area contributed by atoms with Crippen LogP contribution in [0.1, 0.15) is 27.3 Å². The number of aryl methyl sites for hydroxylation is 1. The summed E-state index contributed by atoms with van der Waals surface area (Å²) in [5.41, 5.74) is 5.56. The Kier molecular flexibility index (Phi) is 5.03. The van der Waals surface area contributed by atoms with E-state index in [9.17, 15) is 9.18 Å². The average Bonchev–Trinajstić information content (AvgIpc) is 3.30. The molecule has 0 atom stereocenters. The predicted molar refractivity (Wildman–Crippen MR) is 112 cm³/mol. The van der Waals surface area contributed by atoms with E-state index in [-0.39, 0.29) is 5.82 Å². The summed E-state index contributed by atoms with van der Waals surface area (Å²) in [6.45, 7) is 4.28. The van der Waals surface area contributed by atoms with Gasteiger partial charge >= 0.3 is 5.97 Å². The van der Waals surface area contributed by atoms with Gasteiger partial charge in [-0.25, -0.2) is 9.18 Å². The van der Waals surface area contributed by atoms with Crippen molar-refractivity contribution in [1.82, 2.24) is 14.1 Å². The average molecular weight is 407 g/mol. The number of carbonyl (C=O) groups is 1. The molecule has 3 heterocycles. The predicted octanol–water partition coefficient (Wildman–Crippen LogP) is 4.43. The number of nitrogens with zero attached hydrogens (tertiary/aromatic N) is 3. The SMILES string of the molecule is COC(=O)c1cc2c(ccn2-c2ccc(F)cc2)n1Cc1ncc(C)c(OC)c1C. The van der Waals surface area contributed by atoms with Crippen molar-refractivity contribution in [1.29, 1.82) is 0 Å². The Labute approximate surface area is 173 Å². The first-order chi connectivity index (χ1) is 14.4. The fourth-order valence-electron chi connectivity index (χ4n) is 3.79. The molecule has 0 N–H and O–H groups in total. The third-order valence-electron chi connectivity index (χ3n) is 5.32. The van der Waals surface area contributed by atoms with E-state index in [1.54, 1.807) is 31.5 Å². The van der Waals surface area contributed by atoms with E-state index < -0.39 is 5.97 Å². The largest absolute Gasteiger partial charge is 0.496 e. The van der Waals surface area contributed by atoms with Gasteiger partial charge in [-0.3, -0.25) is 4.98 Å². The molecule has 4 rings (SSSR count). The molecule has 0 unspecified atom stereocenters. The second kappa shape index (κ2) is 7.67. The molecule has 1 aromatic carbocycles. The zero-order valence-electron chi connectivity index (χ0n) is 17.3. The first-order valence-electron chi connectivity index (χ1n) is 9.48. The molecule has 0 saturated heterocycles. The fourth-order valence-corrected chi connectivity index (χ4v) is 3.79. The second-order valence-electron chi connectivity index (χ2n) is 7.09. The third-order valence-corrected chi connectivity index (χ3v) is 5.32. The monoisotopic (exact) mass is 407 g/mol. The standard InChI is InChI=1S/C23H22FN3O3/c1-14-12-25-18(15(2)22(14)29-3)13-27-19-9-10-26(17-7-5-16(24)6-8-17)20(19)11-21(27)23(28)30-4/h5-12H,13H2,1-4H3. The molecule has 0 amide bonds. The van der Waals surface area contributed by atoms with Crippen LogP contribution >= 0.6 is 0 Å². The molecule has 0 aliphatic carbocycles. The number of halogens is 1. The Bertz CT molecular complexity index is 1240. The molecule has 0 radical (unpaired) electrons. The third kappa shape index (κ3) is 3.22. The van der Waals surface area contributed by atoms with Crippen LogP contribution in [-0.2, 0) is 11.3 Å². The summed E-state index contributed by atoms with van der Waals surface area (Å²) >= 11 is 0. The molecule has 154 valence electrons. The second-order valence-corrected chi connectivity index (χ2v) is 7.09. The van der Waals surface area contributed by atoms with Crippen molar-refractivity contribution in [3.63, 3.8) is 0 Å². The van der Waals surface area contributed by atoms with Crippen molar-refractivity contribution in [2.45, 2.75) is 20.4 Å². The summed E-state index contributed by atoms with van der Waals surface area (Å²) in [6.07, 6.45) is 3.66. The number of hydrogen-bond acceptors (Lipinski definition) is 4. The zero-order chi connectivity index (χ0) is 21.4. The van der Waals surface area contributed by atoms with Gasteiger partial charge in [-0.05, 0) is 50.2 Å². The van der Waals surface area contributed by atoms with E-state index >= 15 is 0 Å². The van der Waals surface area contributed by atoms with Crippen LogP contribution in [0.5, 0.6) is 5.75 Å². The van der Waals surface area contributed by atoms with Crippen LogP contribution in [0.4, 0.5) is 4.39 Å². The van der Waals surface area contributed by atoms with Crippen LogP contribution < -0.4 is 4.74 Å². The minimum atomic E-state index is -0.436. The Hall–Kier alpha value is -3.61. The van der Waals surface area contributed by atoms with Gasteiger partial charge in [-0.2, -0.15) is 0 Å². The van der Waals surface area contributed by atoms with Gasteiger partial charge in [0, 0.05) is 29.2 Å². The number of hydrogen-bond donors (Lipinski definition) is 0. The first kappa shape index (κ1) is 19.7. The number of pyridine rings is 1. The maximum atomic E-state index is 13.3. The smallest absolute Gasteiger partial charge is 0.354 e. The molecule has 7 heteroatoms. The Morgan fingerprint density at radius 3 is 2.50 bits per heavy atom. The van der Waals surface area contributed by atoms with Gasteiger partial charge in [0.25, 0.3) is 0 Å². The lowest BCUT2D eigenvalue weighted by molar-refractivity contribution is 0.0589. The van der Waals surface area contributed by atoms with Crippen molar-refractivity contribution in [3.8, 4) is 11.4 Å². The van der Waals surface area contributed by atoms with Gasteiger partial charge in [0.1, 0.15) is 17.3 Å². The van der Waals surface area contributed by atoms with Gasteiger partial charge in [0.05, 0.1) is 37.5 Å². The molecule has 0 fully saturated rings. The molecule has 0 aliphatic rings. The number of ether oxygens (including phenoxy) is 2. The van der Waals surface area contributed by atoms with Crippen LogP contribution in [0.15, 0.2) is 48.8 Å². The zero-order valence-corrected chi connectivity index (χ0v) is 17.3. The fraction of sp³-hybridized carbons (Fsp3) is 0.217. The highest BCUT2D eigenvalue weighted by molar-refractivity contribution is 5.95. The molecular weight excluding hydrogens is 385 g/mol. The van der Waals surface area contributed by atoms with E-state index in [0.29, 0.717) is 12.2 Å². The molecule has 0 aliphatic heterocycles. The summed E-state index contributed by atoms with van der Waals surface area (Å²) < 4.78 is 27.7. The molecule has 6 nitrogen and oxygen atoms in total. The van der Waals surface area contributed by atoms with Gasteiger partial charge in [0.15, 0.2) is 0 Å². The summed E-state index contributed by atoms with van der Waals surface area (Å²) in [6, 6.07) is 9.91. The Morgan fingerprint density at radius 1 is 1.10 bits per heavy atom. The van der Waals surface area contributed by atoms with Crippen LogP contribution in [0, 0.1) is 19.7 Å². The minimum absolute atomic E-state index is 0.301. The lowest BCUT2D eigenvalue weighted by Gasteiger charge is -2.14. The topological polar surface area (TPSA) is 58.3 Å². The lowest BCUT2D eigenvalue weighted by Crippen LogP contribution is -2.13. The highest BCUT2D eigenvalue weighted by atomic mass is 19.1. The van der Waals surface area contributed by atoms with E-state index in [1.165, 1.54) is 19.2 Å². The van der Waals surface area contributed by atoms with E-state index in [4.69, 9.17) is 9.47 Å². The summed E-state index contributed by atoms with van der Waals surface area (Å²) in [5, 5.41) is 0. The van der Waals surface area contributed by atoms with Crippen molar-refractivity contribution in [3.05, 3.63) is 77.1 Å². The number of aromatic nitrogens is 3.